The van der Waals surface area contributed by atoms with E-state index in [1.54, 1.807) is 93.6 Å². The molecular formula is C81H122Cl2N12O25S4. The van der Waals surface area contributed by atoms with E-state index in [2.05, 4.69) is 45.1 Å². The molecule has 1 aliphatic heterocycles. The minimum atomic E-state index is -3.87. The molecule has 8 N–H and O–H groups in total. The van der Waals surface area contributed by atoms with Gasteiger partial charge in [0.2, 0.25) is 63.7 Å². The number of hydrogen-bond acceptors (Lipinski definition) is 29. The quantitative estimate of drug-likeness (QED) is 0.0251. The molecule has 694 valence electrons. The fraction of sp³-hybridized carbons (Fsp3) is 0.568. The Bertz CT molecular complexity index is 4260. The summed E-state index contributed by atoms with van der Waals surface area (Å²) in [5, 5.41) is 12.4. The Balaban J connectivity index is 0.936. The van der Waals surface area contributed by atoms with Crippen LogP contribution in [0.15, 0.2) is 147 Å². The number of ketones is 1. The van der Waals surface area contributed by atoms with Crippen LogP contribution in [0, 0.1) is 0 Å². The van der Waals surface area contributed by atoms with Crippen LogP contribution >= 0.6 is 23.2 Å². The number of rotatable bonds is 73. The number of amides is 4. The van der Waals surface area contributed by atoms with Crippen LogP contribution in [0.5, 0.6) is 0 Å². The fourth-order valence-corrected chi connectivity index (χ4v) is 16.7. The lowest BCUT2D eigenvalue weighted by Gasteiger charge is -2.33. The van der Waals surface area contributed by atoms with Crippen molar-refractivity contribution in [3.8, 4) is 0 Å². The zero-order chi connectivity index (χ0) is 89.4. The van der Waals surface area contributed by atoms with Gasteiger partial charge >= 0.3 is 0 Å². The molecule has 5 aromatic carbocycles. The van der Waals surface area contributed by atoms with Crippen LogP contribution in [0.2, 0.25) is 10.0 Å². The van der Waals surface area contributed by atoms with Crippen molar-refractivity contribution >= 4 is 92.7 Å². The number of carbonyl (C=O) groups is 5. The lowest BCUT2D eigenvalue weighted by atomic mass is 9.85. The van der Waals surface area contributed by atoms with Crippen LogP contribution in [0.25, 0.3) is 0 Å². The first-order chi connectivity index (χ1) is 59.8. The van der Waals surface area contributed by atoms with Gasteiger partial charge in [0, 0.05) is 108 Å². The Morgan fingerprint density at radius 1 is 0.347 bits per heavy atom. The van der Waals surface area contributed by atoms with Gasteiger partial charge in [0.05, 0.1) is 211 Å². The molecule has 4 amide bonds. The number of ether oxygens (including phenoxy) is 12. The summed E-state index contributed by atoms with van der Waals surface area (Å²) >= 11 is 13.0. The first-order valence-corrected chi connectivity index (χ1v) is 47.6. The summed E-state index contributed by atoms with van der Waals surface area (Å²) in [5.41, 5.74) is 2.74. The maximum atomic E-state index is 13.7. The van der Waals surface area contributed by atoms with E-state index < -0.39 is 63.7 Å². The molecule has 0 saturated carbocycles. The summed E-state index contributed by atoms with van der Waals surface area (Å²) in [5.74, 6) is -2.04. The largest absolute Gasteiger partial charge is 0.378 e. The summed E-state index contributed by atoms with van der Waals surface area (Å²) in [6.07, 6.45) is 0. The van der Waals surface area contributed by atoms with Crippen LogP contribution in [0.3, 0.4) is 0 Å². The number of fused-ring (bicyclic) bond motifs is 1. The molecule has 0 aromatic heterocycles. The molecule has 1 atom stereocenters. The molecule has 1 heterocycles. The second-order valence-corrected chi connectivity index (χ2v) is 35.9. The second-order valence-electron chi connectivity index (χ2n) is 28.0. The first kappa shape index (κ1) is 106. The van der Waals surface area contributed by atoms with Crippen molar-refractivity contribution in [2.45, 2.75) is 39.0 Å². The van der Waals surface area contributed by atoms with E-state index in [9.17, 15) is 57.6 Å². The highest BCUT2D eigenvalue weighted by atomic mass is 35.5. The van der Waals surface area contributed by atoms with Crippen LogP contribution in [-0.4, -0.2) is 366 Å². The third-order valence-corrected chi connectivity index (χ3v) is 24.5. The van der Waals surface area contributed by atoms with Gasteiger partial charge in [-0.1, -0.05) is 89.9 Å². The molecule has 6 rings (SSSR count). The van der Waals surface area contributed by atoms with Crippen molar-refractivity contribution in [1.29, 1.82) is 0 Å². The van der Waals surface area contributed by atoms with Gasteiger partial charge in [0.25, 0.3) is 0 Å². The van der Waals surface area contributed by atoms with Gasteiger partial charge in [0.1, 0.15) is 5.78 Å². The molecule has 1 aliphatic rings. The molecule has 0 bridgehead atoms. The van der Waals surface area contributed by atoms with Crippen LogP contribution in [-0.2, 0) is 127 Å². The highest BCUT2D eigenvalue weighted by molar-refractivity contribution is 7.90. The molecule has 43 heteroatoms. The minimum absolute atomic E-state index is 0.0254. The Labute approximate surface area is 739 Å². The van der Waals surface area contributed by atoms with Crippen molar-refractivity contribution in [1.82, 2.24) is 59.8 Å². The summed E-state index contributed by atoms with van der Waals surface area (Å²) in [6, 6.07) is 34.4. The van der Waals surface area contributed by atoms with E-state index in [1.807, 2.05) is 19.2 Å². The lowest BCUT2D eigenvalue weighted by Crippen LogP contribution is -2.49. The number of benzene rings is 5. The first-order valence-electron chi connectivity index (χ1n) is 40.9. The number of Topliss-reactive ketones (excluding diaryl/α,β-unsaturated/α-hetero) is 1. The smallest absolute Gasteiger partial charge is 0.240 e. The summed E-state index contributed by atoms with van der Waals surface area (Å²) < 4.78 is 179. The average Bonchev–Trinajstić information content (AvgIpc) is 0.769. The normalized spacial score (nSPS) is 13.4. The van der Waals surface area contributed by atoms with Crippen LogP contribution in [0.1, 0.15) is 29.5 Å². The molecule has 0 radical (unpaired) electrons. The fourth-order valence-electron chi connectivity index (χ4n) is 12.0. The van der Waals surface area contributed by atoms with Gasteiger partial charge in [0.15, 0.2) is 0 Å². The predicted molar refractivity (Wildman–Crippen MR) is 463 cm³/mol. The van der Waals surface area contributed by atoms with Gasteiger partial charge < -0.3 is 83.0 Å². The van der Waals surface area contributed by atoms with Crippen molar-refractivity contribution in [3.05, 3.63) is 154 Å². The van der Waals surface area contributed by atoms with Gasteiger partial charge in [-0.25, -0.2) is 52.6 Å². The van der Waals surface area contributed by atoms with Crippen molar-refractivity contribution in [3.63, 3.8) is 0 Å². The molecule has 0 aliphatic carbocycles. The number of hydrogen-bond donors (Lipinski definition) is 8. The number of nitrogens with one attached hydrogen (secondary N) is 8. The topological polar surface area (TPSA) is 442 Å². The number of halogens is 2. The molecule has 124 heavy (non-hydrogen) atoms. The summed E-state index contributed by atoms with van der Waals surface area (Å²) in [4.78, 5) is 74.8. The minimum Gasteiger partial charge on any atom is -0.378 e. The Morgan fingerprint density at radius 2 is 0.621 bits per heavy atom. The number of carbonyl (C=O) groups excluding carboxylic acids is 5. The number of sulfonamides is 4. The highest BCUT2D eigenvalue weighted by Crippen LogP contribution is 2.39. The van der Waals surface area contributed by atoms with E-state index in [0.29, 0.717) is 23.1 Å². The predicted octanol–water partition coefficient (Wildman–Crippen LogP) is 0.943. The zero-order valence-corrected chi connectivity index (χ0v) is 75.3. The van der Waals surface area contributed by atoms with Gasteiger partial charge in [-0.3, -0.25) is 38.7 Å². The van der Waals surface area contributed by atoms with E-state index in [-0.39, 0.29) is 301 Å². The standard InChI is InChI=1S/C81H122Cl2N12O25S4/c1-67(96)60-94(64-79(98)85-22-34-110-42-50-120-56-48-116-40-28-91-124(107,108)73-20-12-13-68(57-73)75-61-92(2)62-76-74(75)58-69(82)59-77(76)83)31-29-93(63-78(97)84-21-33-109-41-49-117-53-45-113-37-25-88-121(101,102)70-14-6-3-7-15-70)30-32-95(65-80(99)86-23-35-111-43-51-118-54-46-114-38-26-89-122(103,104)71-16-8-4-9-17-71)66-81(100)87-24-36-112-44-52-119-55-47-115-39-27-90-123(105,106)72-18-10-5-11-19-72/h3-20,57-59,75,88-91H,21-56,60-66H2,1-2H3,(H,84,97)(H,85,98)(H,86,99)(H,87,100)/t75-/m0/s1. The maximum absolute atomic E-state index is 13.7. The second kappa shape index (κ2) is 61.6. The number of likely N-dealkylation sites (N-methyl/N-ethyl adjacent to an activating group) is 1. The molecule has 0 spiro atoms. The van der Waals surface area contributed by atoms with E-state index in [1.165, 1.54) is 43.3 Å². The monoisotopic (exact) mass is 1860 g/mol. The zero-order valence-electron chi connectivity index (χ0n) is 70.5. The molecule has 0 unspecified atom stereocenters. The summed E-state index contributed by atoms with van der Waals surface area (Å²) in [6.45, 7) is 7.25. The van der Waals surface area contributed by atoms with E-state index in [4.69, 9.17) is 80.0 Å². The summed E-state index contributed by atoms with van der Waals surface area (Å²) in [7, 11) is -12.9. The molecule has 5 aromatic rings. The van der Waals surface area contributed by atoms with Crippen LogP contribution < -0.4 is 40.2 Å². The SMILES string of the molecule is CC(=O)CN(CCN(CCN(CC(=O)NCCOCCOCCOCCNS(=O)(=O)c1ccccc1)CC(=O)NCCOCCOCCOCCNS(=O)(=O)c1ccccc1)CC(=O)NCCOCCOCCOCCNS(=O)(=O)c1ccccc1)CC(=O)NCCOCCOCCOCCNS(=O)(=O)c1cccc([C@@H]2CN(C)Cc3c(Cl)cc(Cl)cc32)c1. The Kier molecular flexibility index (Phi) is 52.7. The van der Waals surface area contributed by atoms with Gasteiger partial charge in [-0.15, -0.1) is 0 Å². The lowest BCUT2D eigenvalue weighted by molar-refractivity contribution is -0.126. The van der Waals surface area contributed by atoms with E-state index in [0.717, 1.165) is 16.7 Å². The molecule has 37 nitrogen and oxygen atoms in total. The van der Waals surface area contributed by atoms with Crippen molar-refractivity contribution in [2.75, 3.05) is 283 Å². The molecule has 0 fully saturated rings. The maximum Gasteiger partial charge on any atom is 0.240 e. The van der Waals surface area contributed by atoms with E-state index >= 15 is 0 Å². The van der Waals surface area contributed by atoms with Crippen molar-refractivity contribution in [2.24, 2.45) is 0 Å². The number of nitrogens with zero attached hydrogens (tertiary/aromatic N) is 4. The van der Waals surface area contributed by atoms with Gasteiger partial charge in [-0.2, -0.15) is 0 Å². The van der Waals surface area contributed by atoms with Crippen molar-refractivity contribution < 1.29 is 114 Å². The molecule has 0 saturated heterocycles. The van der Waals surface area contributed by atoms with Gasteiger partial charge in [-0.05, 0) is 91.3 Å². The average molecular weight is 1860 g/mol. The van der Waals surface area contributed by atoms with Crippen LogP contribution in [0.4, 0.5) is 0 Å². The molecular weight excluding hydrogens is 1740 g/mol. The third-order valence-electron chi connectivity index (χ3n) is 18.0. The Morgan fingerprint density at radius 3 is 0.944 bits per heavy atom. The highest BCUT2D eigenvalue weighted by Gasteiger charge is 2.29. The Hall–Kier alpha value is -6.77. The third kappa shape index (κ3) is 45.8.